The second kappa shape index (κ2) is 6.44. The van der Waals surface area contributed by atoms with E-state index in [2.05, 4.69) is 30.9 Å². The number of aromatic nitrogens is 3. The van der Waals surface area contributed by atoms with Crippen molar-refractivity contribution in [2.45, 2.75) is 6.10 Å². The van der Waals surface area contributed by atoms with Gasteiger partial charge in [-0.15, -0.1) is 0 Å². The quantitative estimate of drug-likeness (QED) is 0.663. The fourth-order valence-corrected chi connectivity index (χ4v) is 3.78. The van der Waals surface area contributed by atoms with Crippen molar-refractivity contribution in [2.75, 3.05) is 12.0 Å². The Balaban J connectivity index is 2.28. The number of hydrogen-bond donors (Lipinski definition) is 2. The standard InChI is InChI=1S/C15H13BrClN3O3S/c1-24(22,23)7-13(21)15-14(12-6-18-2-3-19-12)8-4-10(17)9(16)5-11(8)20-15/h2-6,13,20-21H,7H2,1H3. The lowest BCUT2D eigenvalue weighted by Crippen LogP contribution is -2.13. The summed E-state index contributed by atoms with van der Waals surface area (Å²) in [6, 6.07) is 3.51. The van der Waals surface area contributed by atoms with Gasteiger partial charge >= 0.3 is 0 Å². The summed E-state index contributed by atoms with van der Waals surface area (Å²) in [6.45, 7) is 0. The summed E-state index contributed by atoms with van der Waals surface area (Å²) < 4.78 is 23.8. The van der Waals surface area contributed by atoms with Crippen LogP contribution in [0.5, 0.6) is 0 Å². The third-order valence-electron chi connectivity index (χ3n) is 3.48. The Hall–Kier alpha value is -1.48. The Morgan fingerprint density at radius 2 is 2.12 bits per heavy atom. The van der Waals surface area contributed by atoms with E-state index in [0.29, 0.717) is 32.0 Å². The number of aliphatic hydroxyl groups excluding tert-OH is 1. The van der Waals surface area contributed by atoms with Crippen molar-refractivity contribution in [1.29, 1.82) is 0 Å². The predicted octanol–water partition coefficient (Wildman–Crippen LogP) is 3.12. The van der Waals surface area contributed by atoms with Crippen LogP contribution in [-0.2, 0) is 9.84 Å². The first-order chi connectivity index (χ1) is 11.3. The molecule has 3 aromatic rings. The molecule has 0 bridgehead atoms. The van der Waals surface area contributed by atoms with E-state index in [1.165, 1.54) is 12.4 Å². The van der Waals surface area contributed by atoms with Crippen molar-refractivity contribution in [3.63, 3.8) is 0 Å². The molecule has 3 rings (SSSR count). The van der Waals surface area contributed by atoms with Gasteiger partial charge in [-0.3, -0.25) is 9.97 Å². The van der Waals surface area contributed by atoms with E-state index in [-0.39, 0.29) is 0 Å². The van der Waals surface area contributed by atoms with Gasteiger partial charge in [0.05, 0.1) is 28.4 Å². The summed E-state index contributed by atoms with van der Waals surface area (Å²) in [4.78, 5) is 11.4. The number of H-pyrrole nitrogens is 1. The molecule has 0 aliphatic carbocycles. The summed E-state index contributed by atoms with van der Waals surface area (Å²) in [5.41, 5.74) is 2.17. The van der Waals surface area contributed by atoms with Crippen LogP contribution in [0.15, 0.2) is 35.2 Å². The minimum atomic E-state index is -3.37. The topological polar surface area (TPSA) is 95.9 Å². The maximum Gasteiger partial charge on any atom is 0.150 e. The molecule has 1 atom stereocenters. The summed E-state index contributed by atoms with van der Waals surface area (Å²) in [6.07, 6.45) is 4.47. The van der Waals surface area contributed by atoms with E-state index in [9.17, 15) is 13.5 Å². The van der Waals surface area contributed by atoms with E-state index >= 15 is 0 Å². The first-order valence-corrected chi connectivity index (χ1v) is 10.1. The van der Waals surface area contributed by atoms with Crippen LogP contribution >= 0.6 is 27.5 Å². The molecule has 0 saturated carbocycles. The molecule has 9 heteroatoms. The number of fused-ring (bicyclic) bond motifs is 1. The van der Waals surface area contributed by atoms with Gasteiger partial charge in [0, 0.05) is 39.6 Å². The fourth-order valence-electron chi connectivity index (χ4n) is 2.53. The monoisotopic (exact) mass is 429 g/mol. The number of aliphatic hydroxyl groups is 1. The van der Waals surface area contributed by atoms with Gasteiger partial charge in [-0.2, -0.15) is 0 Å². The van der Waals surface area contributed by atoms with Crippen molar-refractivity contribution in [3.05, 3.63) is 45.9 Å². The van der Waals surface area contributed by atoms with Gasteiger partial charge in [0.1, 0.15) is 15.9 Å². The summed E-state index contributed by atoms with van der Waals surface area (Å²) >= 11 is 9.54. The highest BCUT2D eigenvalue weighted by atomic mass is 79.9. The number of nitrogens with one attached hydrogen (secondary N) is 1. The highest BCUT2D eigenvalue weighted by Gasteiger charge is 2.24. The van der Waals surface area contributed by atoms with E-state index in [1.54, 1.807) is 18.3 Å². The first-order valence-electron chi connectivity index (χ1n) is 6.89. The molecule has 6 nitrogen and oxygen atoms in total. The third kappa shape index (κ3) is 3.46. The second-order valence-corrected chi connectivity index (χ2v) is 8.87. The second-order valence-electron chi connectivity index (χ2n) is 5.42. The van der Waals surface area contributed by atoms with Crippen LogP contribution in [-0.4, -0.2) is 40.5 Å². The molecule has 0 amide bonds. The van der Waals surface area contributed by atoms with Crippen LogP contribution in [0.25, 0.3) is 22.2 Å². The van der Waals surface area contributed by atoms with Gasteiger partial charge in [-0.25, -0.2) is 8.42 Å². The molecule has 126 valence electrons. The van der Waals surface area contributed by atoms with E-state index < -0.39 is 21.7 Å². The molecule has 0 saturated heterocycles. The molecule has 1 unspecified atom stereocenters. The Morgan fingerprint density at radius 1 is 1.38 bits per heavy atom. The van der Waals surface area contributed by atoms with E-state index in [4.69, 9.17) is 11.6 Å². The molecule has 24 heavy (non-hydrogen) atoms. The van der Waals surface area contributed by atoms with Crippen LogP contribution in [0.2, 0.25) is 5.02 Å². The normalized spacial score (nSPS) is 13.3. The SMILES string of the molecule is CS(=O)(=O)CC(O)c1[nH]c2cc(Br)c(Cl)cc2c1-c1cnccn1. The number of sulfone groups is 1. The summed E-state index contributed by atoms with van der Waals surface area (Å²) in [5, 5.41) is 11.7. The van der Waals surface area contributed by atoms with Crippen molar-refractivity contribution < 1.29 is 13.5 Å². The number of rotatable bonds is 4. The van der Waals surface area contributed by atoms with Gasteiger partial charge < -0.3 is 10.1 Å². The smallest absolute Gasteiger partial charge is 0.150 e. The maximum atomic E-state index is 11.6. The molecule has 2 aromatic heterocycles. The van der Waals surface area contributed by atoms with Gasteiger partial charge in [-0.1, -0.05) is 11.6 Å². The lowest BCUT2D eigenvalue weighted by molar-refractivity contribution is 0.198. The van der Waals surface area contributed by atoms with Crippen molar-refractivity contribution in [1.82, 2.24) is 15.0 Å². The molecular weight excluding hydrogens is 418 g/mol. The lowest BCUT2D eigenvalue weighted by Gasteiger charge is -2.10. The zero-order valence-electron chi connectivity index (χ0n) is 12.5. The van der Waals surface area contributed by atoms with Crippen molar-refractivity contribution in [3.8, 4) is 11.3 Å². The average Bonchev–Trinajstić information content (AvgIpc) is 2.85. The highest BCUT2D eigenvalue weighted by molar-refractivity contribution is 9.10. The Labute approximate surface area is 152 Å². The Kier molecular flexibility index (Phi) is 4.65. The number of aromatic amines is 1. The highest BCUT2D eigenvalue weighted by Crippen LogP contribution is 2.38. The summed E-state index contributed by atoms with van der Waals surface area (Å²) in [5.74, 6) is -0.401. The number of hydrogen-bond acceptors (Lipinski definition) is 5. The molecule has 0 spiro atoms. The average molecular weight is 431 g/mol. The van der Waals surface area contributed by atoms with Gasteiger partial charge in [0.25, 0.3) is 0 Å². The molecule has 0 aliphatic heterocycles. The molecule has 0 aliphatic rings. The predicted molar refractivity (Wildman–Crippen MR) is 96.7 cm³/mol. The molecule has 2 heterocycles. The molecular formula is C15H13BrClN3O3S. The van der Waals surface area contributed by atoms with Gasteiger partial charge in [0.2, 0.25) is 0 Å². The first kappa shape index (κ1) is 17.3. The van der Waals surface area contributed by atoms with Crippen LogP contribution in [0, 0.1) is 0 Å². The largest absolute Gasteiger partial charge is 0.386 e. The molecule has 0 radical (unpaired) electrons. The van der Waals surface area contributed by atoms with Crippen LogP contribution in [0.4, 0.5) is 0 Å². The van der Waals surface area contributed by atoms with Crippen molar-refractivity contribution in [2.24, 2.45) is 0 Å². The molecule has 0 fully saturated rings. The Morgan fingerprint density at radius 3 is 2.75 bits per heavy atom. The Bertz CT molecular complexity index is 1010. The van der Waals surface area contributed by atoms with Gasteiger partial charge in [0.15, 0.2) is 0 Å². The number of halogens is 2. The molecule has 1 aromatic carbocycles. The molecule has 2 N–H and O–H groups in total. The van der Waals surface area contributed by atoms with Crippen LogP contribution in [0.1, 0.15) is 11.8 Å². The maximum absolute atomic E-state index is 11.6. The van der Waals surface area contributed by atoms with E-state index in [1.807, 2.05) is 0 Å². The lowest BCUT2D eigenvalue weighted by atomic mass is 10.1. The van der Waals surface area contributed by atoms with E-state index in [0.717, 1.165) is 11.6 Å². The van der Waals surface area contributed by atoms with Crippen LogP contribution in [0.3, 0.4) is 0 Å². The van der Waals surface area contributed by atoms with Crippen molar-refractivity contribution >= 4 is 48.3 Å². The zero-order valence-corrected chi connectivity index (χ0v) is 15.7. The van der Waals surface area contributed by atoms with Gasteiger partial charge in [-0.05, 0) is 28.1 Å². The minimum Gasteiger partial charge on any atom is -0.386 e. The zero-order chi connectivity index (χ0) is 17.5. The minimum absolute atomic E-state index is 0.366. The fraction of sp³-hybridized carbons (Fsp3) is 0.200. The number of benzene rings is 1. The third-order valence-corrected chi connectivity index (χ3v) is 5.60. The summed E-state index contributed by atoms with van der Waals surface area (Å²) in [7, 11) is -3.37. The number of nitrogens with zero attached hydrogens (tertiary/aromatic N) is 2. The van der Waals surface area contributed by atoms with Crippen LogP contribution < -0.4 is 0 Å².